The number of hydrogen-bond acceptors (Lipinski definition) is 4. The van der Waals surface area contributed by atoms with Gasteiger partial charge in [-0.1, -0.05) is 12.1 Å². The van der Waals surface area contributed by atoms with Crippen molar-refractivity contribution in [1.29, 1.82) is 0 Å². The number of aromatic amines is 1. The normalized spacial score (nSPS) is 10.9. The number of fused-ring (bicyclic) bond motifs is 1. The molecule has 0 unspecified atom stereocenters. The Kier molecular flexibility index (Phi) is 3.34. The highest BCUT2D eigenvalue weighted by atomic mass is 16.5. The van der Waals surface area contributed by atoms with Gasteiger partial charge in [-0.15, -0.1) is 0 Å². The van der Waals surface area contributed by atoms with E-state index in [0.717, 1.165) is 11.0 Å². The zero-order valence-corrected chi connectivity index (χ0v) is 9.30. The standard InChI is InChI=1S/C11H12N4O2/c1-2-17-11(16)15-12-7-10-13-8-5-3-4-6-9(8)14-10/h3-7H,2H2,1H3,(H,13,14)(H,15,16)/b12-7+. The molecule has 6 nitrogen and oxygen atoms in total. The van der Waals surface area contributed by atoms with Crippen molar-refractivity contribution in [3.63, 3.8) is 0 Å². The van der Waals surface area contributed by atoms with Crippen LogP contribution in [0.2, 0.25) is 0 Å². The van der Waals surface area contributed by atoms with Gasteiger partial charge in [0.05, 0.1) is 23.9 Å². The van der Waals surface area contributed by atoms with E-state index >= 15 is 0 Å². The van der Waals surface area contributed by atoms with Crippen molar-refractivity contribution < 1.29 is 9.53 Å². The molecule has 0 saturated heterocycles. The fourth-order valence-electron chi connectivity index (χ4n) is 1.34. The topological polar surface area (TPSA) is 79.4 Å². The van der Waals surface area contributed by atoms with Crippen LogP contribution in [0.5, 0.6) is 0 Å². The van der Waals surface area contributed by atoms with Crippen LogP contribution in [-0.4, -0.2) is 28.9 Å². The number of carbonyl (C=O) groups excluding carboxylic acids is 1. The van der Waals surface area contributed by atoms with Crippen molar-refractivity contribution in [1.82, 2.24) is 15.4 Å². The third kappa shape index (κ3) is 2.81. The van der Waals surface area contributed by atoms with Gasteiger partial charge in [0, 0.05) is 0 Å². The van der Waals surface area contributed by atoms with E-state index in [1.165, 1.54) is 6.21 Å². The number of benzene rings is 1. The van der Waals surface area contributed by atoms with Crippen LogP contribution >= 0.6 is 0 Å². The zero-order valence-electron chi connectivity index (χ0n) is 9.30. The summed E-state index contributed by atoms with van der Waals surface area (Å²) in [6.07, 6.45) is 0.844. The highest BCUT2D eigenvalue weighted by Crippen LogP contribution is 2.08. The summed E-state index contributed by atoms with van der Waals surface area (Å²) >= 11 is 0. The van der Waals surface area contributed by atoms with Gasteiger partial charge in [-0.05, 0) is 19.1 Å². The molecule has 2 aromatic rings. The van der Waals surface area contributed by atoms with Gasteiger partial charge in [0.25, 0.3) is 0 Å². The molecule has 0 aliphatic carbocycles. The lowest BCUT2D eigenvalue weighted by Crippen LogP contribution is -2.18. The summed E-state index contributed by atoms with van der Waals surface area (Å²) in [6, 6.07) is 7.62. The lowest BCUT2D eigenvalue weighted by molar-refractivity contribution is 0.152. The number of hydrazone groups is 1. The first-order chi connectivity index (χ1) is 8.29. The smallest absolute Gasteiger partial charge is 0.427 e. The lowest BCUT2D eigenvalue weighted by Gasteiger charge is -1.97. The maximum absolute atomic E-state index is 10.9. The minimum absolute atomic E-state index is 0.311. The molecule has 1 heterocycles. The van der Waals surface area contributed by atoms with E-state index in [1.807, 2.05) is 24.3 Å². The second-order valence-corrected chi connectivity index (χ2v) is 3.23. The molecule has 1 amide bonds. The van der Waals surface area contributed by atoms with Gasteiger partial charge >= 0.3 is 6.09 Å². The maximum atomic E-state index is 10.9. The number of H-pyrrole nitrogens is 1. The number of ether oxygens (including phenoxy) is 1. The second-order valence-electron chi connectivity index (χ2n) is 3.23. The quantitative estimate of drug-likeness (QED) is 0.623. The van der Waals surface area contributed by atoms with Crippen LogP contribution in [0.15, 0.2) is 29.4 Å². The van der Waals surface area contributed by atoms with Gasteiger partial charge in [-0.2, -0.15) is 5.10 Å². The Balaban J connectivity index is 2.03. The number of rotatable bonds is 3. The molecular formula is C11H12N4O2. The zero-order chi connectivity index (χ0) is 12.1. The van der Waals surface area contributed by atoms with Crippen molar-refractivity contribution in [2.24, 2.45) is 5.10 Å². The molecular weight excluding hydrogens is 220 g/mol. The van der Waals surface area contributed by atoms with Crippen LogP contribution in [0.4, 0.5) is 4.79 Å². The molecule has 0 fully saturated rings. The number of aromatic nitrogens is 2. The Morgan fingerprint density at radius 3 is 3.18 bits per heavy atom. The third-order valence-corrected chi connectivity index (χ3v) is 2.03. The average molecular weight is 232 g/mol. The van der Waals surface area contributed by atoms with Gasteiger partial charge in [0.15, 0.2) is 5.82 Å². The van der Waals surface area contributed by atoms with Gasteiger partial charge in [-0.25, -0.2) is 15.2 Å². The van der Waals surface area contributed by atoms with Crippen LogP contribution in [0, 0.1) is 0 Å². The van der Waals surface area contributed by atoms with Gasteiger partial charge in [0.1, 0.15) is 0 Å². The van der Waals surface area contributed by atoms with E-state index in [2.05, 4.69) is 25.2 Å². The summed E-state index contributed by atoms with van der Waals surface area (Å²) in [6.45, 7) is 2.04. The number of imidazole rings is 1. The Morgan fingerprint density at radius 1 is 1.59 bits per heavy atom. The summed E-state index contributed by atoms with van der Waals surface area (Å²) in [7, 11) is 0. The minimum atomic E-state index is -0.583. The number of carbonyl (C=O) groups is 1. The molecule has 1 aromatic heterocycles. The Hall–Kier alpha value is -2.37. The number of nitrogens with one attached hydrogen (secondary N) is 2. The van der Waals surface area contributed by atoms with Crippen LogP contribution in [0.3, 0.4) is 0 Å². The monoisotopic (exact) mass is 232 g/mol. The average Bonchev–Trinajstić information content (AvgIpc) is 2.71. The third-order valence-electron chi connectivity index (χ3n) is 2.03. The Bertz CT molecular complexity index is 514. The molecule has 17 heavy (non-hydrogen) atoms. The summed E-state index contributed by atoms with van der Waals surface area (Å²) in [5.41, 5.74) is 4.00. The molecule has 0 bridgehead atoms. The van der Waals surface area contributed by atoms with Crippen LogP contribution in [-0.2, 0) is 4.74 Å². The van der Waals surface area contributed by atoms with Crippen LogP contribution in [0.25, 0.3) is 11.0 Å². The van der Waals surface area contributed by atoms with E-state index in [4.69, 9.17) is 0 Å². The molecule has 0 aliphatic heterocycles. The largest absolute Gasteiger partial charge is 0.449 e. The molecule has 0 saturated carbocycles. The van der Waals surface area contributed by atoms with E-state index in [0.29, 0.717) is 12.4 Å². The molecule has 0 spiro atoms. The summed E-state index contributed by atoms with van der Waals surface area (Å²) in [4.78, 5) is 18.2. The predicted octanol–water partition coefficient (Wildman–Crippen LogP) is 1.64. The van der Waals surface area contributed by atoms with Crippen molar-refractivity contribution in [3.8, 4) is 0 Å². The first-order valence-corrected chi connectivity index (χ1v) is 5.20. The van der Waals surface area contributed by atoms with Crippen molar-refractivity contribution in [2.75, 3.05) is 6.61 Å². The molecule has 0 radical (unpaired) electrons. The maximum Gasteiger partial charge on any atom is 0.427 e. The number of para-hydroxylation sites is 2. The van der Waals surface area contributed by atoms with Gasteiger partial charge < -0.3 is 9.72 Å². The lowest BCUT2D eigenvalue weighted by atomic mass is 10.3. The minimum Gasteiger partial charge on any atom is -0.449 e. The van der Waals surface area contributed by atoms with E-state index in [9.17, 15) is 4.79 Å². The van der Waals surface area contributed by atoms with E-state index in [1.54, 1.807) is 6.92 Å². The highest BCUT2D eigenvalue weighted by Gasteiger charge is 1.99. The first kappa shape index (κ1) is 11.1. The fraction of sp³-hybridized carbons (Fsp3) is 0.182. The number of amides is 1. The van der Waals surface area contributed by atoms with E-state index in [-0.39, 0.29) is 0 Å². The summed E-state index contributed by atoms with van der Waals surface area (Å²) in [5.74, 6) is 0.572. The molecule has 2 rings (SSSR count). The molecule has 0 atom stereocenters. The predicted molar refractivity (Wildman–Crippen MR) is 63.8 cm³/mol. The summed E-state index contributed by atoms with van der Waals surface area (Å²) in [5, 5.41) is 3.71. The Morgan fingerprint density at radius 2 is 2.41 bits per heavy atom. The first-order valence-electron chi connectivity index (χ1n) is 5.20. The second kappa shape index (κ2) is 5.11. The highest BCUT2D eigenvalue weighted by molar-refractivity contribution is 5.84. The van der Waals surface area contributed by atoms with Gasteiger partial charge in [0.2, 0.25) is 0 Å². The molecule has 0 aliphatic rings. The van der Waals surface area contributed by atoms with E-state index < -0.39 is 6.09 Å². The van der Waals surface area contributed by atoms with Crippen LogP contribution in [0.1, 0.15) is 12.7 Å². The Labute approximate surface area is 97.7 Å². The van der Waals surface area contributed by atoms with Crippen molar-refractivity contribution in [3.05, 3.63) is 30.1 Å². The van der Waals surface area contributed by atoms with Crippen molar-refractivity contribution >= 4 is 23.3 Å². The number of hydrogen-bond donors (Lipinski definition) is 2. The number of nitrogens with zero attached hydrogens (tertiary/aromatic N) is 2. The summed E-state index contributed by atoms with van der Waals surface area (Å²) < 4.78 is 4.64. The fourth-order valence-corrected chi connectivity index (χ4v) is 1.34. The van der Waals surface area contributed by atoms with Crippen molar-refractivity contribution in [2.45, 2.75) is 6.92 Å². The van der Waals surface area contributed by atoms with Crippen LogP contribution < -0.4 is 5.43 Å². The van der Waals surface area contributed by atoms with Gasteiger partial charge in [-0.3, -0.25) is 0 Å². The molecule has 88 valence electrons. The molecule has 6 heteroatoms. The SMILES string of the molecule is CCOC(=O)N/N=C/c1nc2ccccc2[nH]1. The molecule has 1 aromatic carbocycles. The molecule has 2 N–H and O–H groups in total.